The molecule has 0 radical (unpaired) electrons. The van der Waals surface area contributed by atoms with Crippen molar-refractivity contribution in [1.29, 1.82) is 0 Å². The maximum atomic E-state index is 11.9. The molecular formula is C19H22N4O. The number of pyridine rings is 1. The van der Waals surface area contributed by atoms with E-state index >= 15 is 0 Å². The van der Waals surface area contributed by atoms with Crippen molar-refractivity contribution in [3.8, 4) is 0 Å². The second-order valence-corrected chi connectivity index (χ2v) is 6.06. The highest BCUT2D eigenvalue weighted by atomic mass is 16.1. The molecule has 2 aromatic heterocycles. The van der Waals surface area contributed by atoms with Gasteiger partial charge in [0, 0.05) is 36.6 Å². The molecule has 124 valence electrons. The van der Waals surface area contributed by atoms with Crippen LogP contribution in [0.3, 0.4) is 0 Å². The molecule has 0 aromatic carbocycles. The molecular weight excluding hydrogens is 300 g/mol. The van der Waals surface area contributed by atoms with E-state index in [0.29, 0.717) is 6.42 Å². The molecule has 0 unspecified atom stereocenters. The van der Waals surface area contributed by atoms with Gasteiger partial charge in [-0.15, -0.1) is 0 Å². The van der Waals surface area contributed by atoms with Crippen LogP contribution in [0.5, 0.6) is 0 Å². The lowest BCUT2D eigenvalue weighted by molar-refractivity contribution is -0.114. The second-order valence-electron chi connectivity index (χ2n) is 6.06. The van der Waals surface area contributed by atoms with Crippen LogP contribution in [-0.2, 0) is 17.6 Å². The van der Waals surface area contributed by atoms with E-state index in [9.17, 15) is 4.79 Å². The number of aryl methyl sites for hydroxylation is 2. The van der Waals surface area contributed by atoms with Gasteiger partial charge in [0.15, 0.2) is 5.78 Å². The molecule has 5 heteroatoms. The predicted molar refractivity (Wildman–Crippen MR) is 94.8 cm³/mol. The third-order valence-corrected chi connectivity index (χ3v) is 4.09. The van der Waals surface area contributed by atoms with Crippen molar-refractivity contribution in [3.63, 3.8) is 0 Å². The Kier molecular flexibility index (Phi) is 5.31. The van der Waals surface area contributed by atoms with Crippen molar-refractivity contribution in [3.05, 3.63) is 53.2 Å². The van der Waals surface area contributed by atoms with Gasteiger partial charge in [-0.1, -0.05) is 6.07 Å². The van der Waals surface area contributed by atoms with Crippen LogP contribution in [-0.4, -0.2) is 27.3 Å². The molecule has 1 aliphatic rings. The zero-order chi connectivity index (χ0) is 16.8. The Morgan fingerprint density at radius 2 is 2.08 bits per heavy atom. The molecule has 0 fully saturated rings. The summed E-state index contributed by atoms with van der Waals surface area (Å²) >= 11 is 0. The topological polar surface area (TPSA) is 67.8 Å². The number of fused-ring (bicyclic) bond motifs is 1. The molecule has 0 spiro atoms. The lowest BCUT2D eigenvalue weighted by Crippen LogP contribution is -1.98. The minimum absolute atomic E-state index is 0.138. The number of allylic oxidation sites excluding steroid dienone is 1. The number of rotatable bonds is 7. The summed E-state index contributed by atoms with van der Waals surface area (Å²) in [5.74, 6) is 1.90. The Morgan fingerprint density at radius 1 is 1.25 bits per heavy atom. The summed E-state index contributed by atoms with van der Waals surface area (Å²) in [5, 5.41) is 3.30. The summed E-state index contributed by atoms with van der Waals surface area (Å²) in [6.45, 7) is 2.82. The minimum Gasteiger partial charge on any atom is -0.370 e. The van der Waals surface area contributed by atoms with Crippen LogP contribution in [0.2, 0.25) is 0 Å². The highest BCUT2D eigenvalue weighted by Crippen LogP contribution is 2.20. The molecule has 0 saturated heterocycles. The first-order valence-corrected chi connectivity index (χ1v) is 8.43. The average Bonchev–Trinajstić information content (AvgIpc) is 3.06. The molecule has 24 heavy (non-hydrogen) atoms. The van der Waals surface area contributed by atoms with Crippen molar-refractivity contribution in [2.45, 2.75) is 39.0 Å². The zero-order valence-electron chi connectivity index (χ0n) is 14.0. The van der Waals surface area contributed by atoms with E-state index in [4.69, 9.17) is 0 Å². The van der Waals surface area contributed by atoms with E-state index in [1.807, 2.05) is 6.92 Å². The van der Waals surface area contributed by atoms with Crippen molar-refractivity contribution in [2.24, 2.45) is 0 Å². The number of unbranched alkanes of at least 4 members (excludes halogenated alkanes) is 1. The predicted octanol–water partition coefficient (Wildman–Crippen LogP) is 3.14. The van der Waals surface area contributed by atoms with E-state index in [1.165, 1.54) is 5.56 Å². The number of aromatic nitrogens is 3. The lowest BCUT2D eigenvalue weighted by atomic mass is 10.1. The fourth-order valence-electron chi connectivity index (χ4n) is 2.70. The number of nitrogens with zero attached hydrogens (tertiary/aromatic N) is 3. The lowest BCUT2D eigenvalue weighted by Gasteiger charge is -2.03. The molecule has 1 N–H and O–H groups in total. The van der Waals surface area contributed by atoms with Crippen molar-refractivity contribution in [2.75, 3.05) is 11.9 Å². The standard InChI is InChI=1S/C19H22N4O/c1-14-21-12-15(13-22-14)6-9-18(24)5-3-2-4-17-8-7-16-10-11-20-19(16)23-17/h6-9,12-13H,2-5,10-11H2,1H3,(H,20,23)/b9-6+. The molecule has 0 atom stereocenters. The summed E-state index contributed by atoms with van der Waals surface area (Å²) in [6.07, 6.45) is 11.2. The first-order chi connectivity index (χ1) is 11.7. The number of nitrogens with one attached hydrogen (secondary N) is 1. The van der Waals surface area contributed by atoms with Crippen molar-refractivity contribution in [1.82, 2.24) is 15.0 Å². The summed E-state index contributed by atoms with van der Waals surface area (Å²) < 4.78 is 0. The highest BCUT2D eigenvalue weighted by Gasteiger charge is 2.11. The summed E-state index contributed by atoms with van der Waals surface area (Å²) in [5.41, 5.74) is 3.26. The maximum absolute atomic E-state index is 11.9. The number of carbonyl (C=O) groups excluding carboxylic acids is 1. The van der Waals surface area contributed by atoms with E-state index in [-0.39, 0.29) is 5.78 Å². The Hall–Kier alpha value is -2.56. The number of ketones is 1. The Bertz CT molecular complexity index is 738. The second kappa shape index (κ2) is 7.81. The van der Waals surface area contributed by atoms with Gasteiger partial charge in [0.2, 0.25) is 0 Å². The number of anilines is 1. The Morgan fingerprint density at radius 3 is 2.92 bits per heavy atom. The fourth-order valence-corrected chi connectivity index (χ4v) is 2.70. The highest BCUT2D eigenvalue weighted by molar-refractivity contribution is 5.93. The van der Waals surface area contributed by atoms with Gasteiger partial charge in [0.05, 0.1) is 0 Å². The quantitative estimate of drug-likeness (QED) is 0.626. The Labute approximate surface area is 142 Å². The number of hydrogen-bond acceptors (Lipinski definition) is 5. The SMILES string of the molecule is Cc1ncc(/C=C/C(=O)CCCCc2ccc3c(n2)NCC3)cn1. The van der Waals surface area contributed by atoms with Gasteiger partial charge in [-0.25, -0.2) is 15.0 Å². The smallest absolute Gasteiger partial charge is 0.155 e. The molecule has 0 saturated carbocycles. The Balaban J connectivity index is 1.40. The molecule has 2 aromatic rings. The van der Waals surface area contributed by atoms with E-state index in [2.05, 4.69) is 32.4 Å². The van der Waals surface area contributed by atoms with Gasteiger partial charge in [0.1, 0.15) is 11.6 Å². The maximum Gasteiger partial charge on any atom is 0.155 e. The van der Waals surface area contributed by atoms with E-state index < -0.39 is 0 Å². The first-order valence-electron chi connectivity index (χ1n) is 8.43. The van der Waals surface area contributed by atoms with Crippen LogP contribution in [0.15, 0.2) is 30.6 Å². The third-order valence-electron chi connectivity index (χ3n) is 4.09. The van der Waals surface area contributed by atoms with Crippen LogP contribution in [0.25, 0.3) is 6.08 Å². The van der Waals surface area contributed by atoms with Gasteiger partial charge in [-0.2, -0.15) is 0 Å². The molecule has 1 aliphatic heterocycles. The van der Waals surface area contributed by atoms with Gasteiger partial charge < -0.3 is 5.32 Å². The van der Waals surface area contributed by atoms with Gasteiger partial charge in [0.25, 0.3) is 0 Å². The molecule has 0 aliphatic carbocycles. The van der Waals surface area contributed by atoms with Gasteiger partial charge in [-0.3, -0.25) is 4.79 Å². The first kappa shape index (κ1) is 16.3. The van der Waals surface area contributed by atoms with Crippen molar-refractivity contribution >= 4 is 17.7 Å². The number of hydrogen-bond donors (Lipinski definition) is 1. The summed E-state index contributed by atoms with van der Waals surface area (Å²) in [6, 6.07) is 4.26. The minimum atomic E-state index is 0.138. The van der Waals surface area contributed by atoms with Crippen LogP contribution in [0.1, 0.15) is 41.9 Å². The normalized spacial score (nSPS) is 13.0. The molecule has 3 heterocycles. The van der Waals surface area contributed by atoms with Crippen LogP contribution < -0.4 is 5.32 Å². The van der Waals surface area contributed by atoms with Crippen molar-refractivity contribution < 1.29 is 4.79 Å². The average molecular weight is 322 g/mol. The third kappa shape index (κ3) is 4.47. The molecule has 3 rings (SSSR count). The monoisotopic (exact) mass is 322 g/mol. The number of carbonyl (C=O) groups is 1. The van der Waals surface area contributed by atoms with Crippen LogP contribution in [0, 0.1) is 6.92 Å². The molecule has 5 nitrogen and oxygen atoms in total. The zero-order valence-corrected chi connectivity index (χ0v) is 14.0. The van der Waals surface area contributed by atoms with E-state index in [0.717, 1.165) is 55.1 Å². The molecule has 0 amide bonds. The van der Waals surface area contributed by atoms with Crippen LogP contribution in [0.4, 0.5) is 5.82 Å². The van der Waals surface area contributed by atoms with Crippen LogP contribution >= 0.6 is 0 Å². The largest absolute Gasteiger partial charge is 0.370 e. The summed E-state index contributed by atoms with van der Waals surface area (Å²) in [7, 11) is 0. The van der Waals surface area contributed by atoms with Gasteiger partial charge >= 0.3 is 0 Å². The van der Waals surface area contributed by atoms with E-state index in [1.54, 1.807) is 24.5 Å². The fraction of sp³-hybridized carbons (Fsp3) is 0.368. The molecule has 0 bridgehead atoms. The van der Waals surface area contributed by atoms with Gasteiger partial charge in [-0.05, 0) is 56.4 Å². The summed E-state index contributed by atoms with van der Waals surface area (Å²) in [4.78, 5) is 24.7.